The van der Waals surface area contributed by atoms with Crippen LogP contribution in [-0.2, 0) is 12.6 Å². The number of amides is 2. The number of nitrogens with one attached hydrogen (secondary N) is 1. The molecule has 1 unspecified atom stereocenters. The lowest BCUT2D eigenvalue weighted by atomic mass is 10.1. The predicted octanol–water partition coefficient (Wildman–Crippen LogP) is 3.77. The van der Waals surface area contributed by atoms with Crippen LogP contribution in [0.25, 0.3) is 0 Å². The van der Waals surface area contributed by atoms with Crippen molar-refractivity contribution in [3.63, 3.8) is 0 Å². The average Bonchev–Trinajstić information content (AvgIpc) is 2.99. The smallest absolute Gasteiger partial charge is 0.368 e. The van der Waals surface area contributed by atoms with Gasteiger partial charge >= 0.3 is 12.2 Å². The molecule has 9 heteroatoms. The van der Waals surface area contributed by atoms with Gasteiger partial charge in [0.15, 0.2) is 0 Å². The van der Waals surface area contributed by atoms with Gasteiger partial charge in [-0.25, -0.2) is 4.79 Å². The highest BCUT2D eigenvalue weighted by Crippen LogP contribution is 2.31. The number of alkyl halides is 3. The van der Waals surface area contributed by atoms with Crippen LogP contribution in [-0.4, -0.2) is 48.3 Å². The van der Waals surface area contributed by atoms with E-state index in [9.17, 15) is 18.0 Å². The molecule has 6 nitrogen and oxygen atoms in total. The van der Waals surface area contributed by atoms with E-state index in [4.69, 9.17) is 4.52 Å². The standard InChI is InChI=1S/C20H25F3N4O2/c1-13(11-18-14(2)25-29-15(18)3)24-19(28)27-9-7-26(8-10-27)17-6-4-5-16(12-17)20(21,22)23/h4-6,12-13H,7-11H2,1-3H3,(H,24,28). The molecular formula is C20H25F3N4O2. The Morgan fingerprint density at radius 3 is 2.52 bits per heavy atom. The largest absolute Gasteiger partial charge is 0.416 e. The van der Waals surface area contributed by atoms with Crippen LogP contribution in [0.2, 0.25) is 0 Å². The minimum absolute atomic E-state index is 0.0965. The Balaban J connectivity index is 1.53. The molecule has 0 saturated carbocycles. The third-order valence-corrected chi connectivity index (χ3v) is 5.17. The Labute approximate surface area is 167 Å². The number of rotatable bonds is 4. The number of halogens is 3. The number of nitrogens with zero attached hydrogens (tertiary/aromatic N) is 3. The summed E-state index contributed by atoms with van der Waals surface area (Å²) in [7, 11) is 0. The normalized spacial score (nSPS) is 16.1. The van der Waals surface area contributed by atoms with Crippen LogP contribution in [0.15, 0.2) is 28.8 Å². The molecular weight excluding hydrogens is 385 g/mol. The van der Waals surface area contributed by atoms with Crippen molar-refractivity contribution in [2.24, 2.45) is 0 Å². The lowest BCUT2D eigenvalue weighted by Gasteiger charge is -2.36. The molecule has 1 aliphatic rings. The highest BCUT2D eigenvalue weighted by molar-refractivity contribution is 5.75. The third kappa shape index (κ3) is 5.02. The number of urea groups is 1. The molecule has 158 valence electrons. The summed E-state index contributed by atoms with van der Waals surface area (Å²) in [5.74, 6) is 0.748. The Hall–Kier alpha value is -2.71. The number of anilines is 1. The second kappa shape index (κ2) is 8.34. The molecule has 1 aliphatic heterocycles. The second-order valence-electron chi connectivity index (χ2n) is 7.38. The van der Waals surface area contributed by atoms with Crippen molar-refractivity contribution in [1.82, 2.24) is 15.4 Å². The van der Waals surface area contributed by atoms with Crippen LogP contribution in [0.1, 0.15) is 29.5 Å². The van der Waals surface area contributed by atoms with E-state index in [1.165, 1.54) is 6.07 Å². The fraction of sp³-hybridized carbons (Fsp3) is 0.500. The van der Waals surface area contributed by atoms with Gasteiger partial charge in [-0.3, -0.25) is 0 Å². The molecule has 0 aliphatic carbocycles. The molecule has 3 rings (SSSR count). The molecule has 29 heavy (non-hydrogen) atoms. The lowest BCUT2D eigenvalue weighted by molar-refractivity contribution is -0.137. The molecule has 1 fully saturated rings. The number of piperazine rings is 1. The molecule has 2 amide bonds. The van der Waals surface area contributed by atoms with Crippen molar-refractivity contribution in [2.45, 2.75) is 39.4 Å². The number of hydrogen-bond donors (Lipinski definition) is 1. The van der Waals surface area contributed by atoms with Gasteiger partial charge in [0.25, 0.3) is 0 Å². The Morgan fingerprint density at radius 2 is 1.93 bits per heavy atom. The summed E-state index contributed by atoms with van der Waals surface area (Å²) in [6.07, 6.45) is -3.74. The Morgan fingerprint density at radius 1 is 1.24 bits per heavy atom. The van der Waals surface area contributed by atoms with Gasteiger partial charge in [0.05, 0.1) is 11.3 Å². The zero-order valence-electron chi connectivity index (χ0n) is 16.7. The maximum Gasteiger partial charge on any atom is 0.416 e. The van der Waals surface area contributed by atoms with Crippen molar-refractivity contribution >= 4 is 11.7 Å². The number of carbonyl (C=O) groups is 1. The topological polar surface area (TPSA) is 61.6 Å². The molecule has 1 aromatic carbocycles. The summed E-state index contributed by atoms with van der Waals surface area (Å²) in [6, 6.07) is 5.02. The van der Waals surface area contributed by atoms with Gasteiger partial charge < -0.3 is 19.6 Å². The summed E-state index contributed by atoms with van der Waals surface area (Å²) < 4.78 is 43.9. The first-order valence-electron chi connectivity index (χ1n) is 9.54. The zero-order chi connectivity index (χ0) is 21.2. The maximum atomic E-state index is 12.9. The van der Waals surface area contributed by atoms with E-state index in [1.807, 2.05) is 25.7 Å². The first-order valence-corrected chi connectivity index (χ1v) is 9.54. The van der Waals surface area contributed by atoms with Crippen LogP contribution in [0.3, 0.4) is 0 Å². The van der Waals surface area contributed by atoms with Crippen molar-refractivity contribution in [3.05, 3.63) is 46.8 Å². The summed E-state index contributed by atoms with van der Waals surface area (Å²) >= 11 is 0. The molecule has 0 bridgehead atoms. The highest BCUT2D eigenvalue weighted by Gasteiger charge is 2.31. The quantitative estimate of drug-likeness (QED) is 0.834. The average molecular weight is 410 g/mol. The summed E-state index contributed by atoms with van der Waals surface area (Å²) in [6.45, 7) is 7.48. The van der Waals surface area contributed by atoms with Gasteiger partial charge in [0.2, 0.25) is 0 Å². The number of carbonyl (C=O) groups excluding carboxylic acids is 1. The van der Waals surface area contributed by atoms with E-state index in [1.54, 1.807) is 11.0 Å². The molecule has 1 saturated heterocycles. The summed E-state index contributed by atoms with van der Waals surface area (Å²) in [5, 5.41) is 6.90. The van der Waals surface area contributed by atoms with Gasteiger partial charge in [-0.15, -0.1) is 0 Å². The zero-order valence-corrected chi connectivity index (χ0v) is 16.7. The minimum atomic E-state index is -4.37. The first kappa shape index (κ1) is 21.0. The van der Waals surface area contributed by atoms with Crippen molar-refractivity contribution in [2.75, 3.05) is 31.1 Å². The first-order chi connectivity index (χ1) is 13.6. The van der Waals surface area contributed by atoms with E-state index < -0.39 is 11.7 Å². The van der Waals surface area contributed by atoms with Gasteiger partial charge in [0, 0.05) is 43.5 Å². The number of aryl methyl sites for hydroxylation is 2. The number of aromatic nitrogens is 1. The van der Waals surface area contributed by atoms with E-state index in [0.29, 0.717) is 38.3 Å². The Kier molecular flexibility index (Phi) is 6.04. The van der Waals surface area contributed by atoms with E-state index in [2.05, 4.69) is 10.5 Å². The van der Waals surface area contributed by atoms with Crippen LogP contribution in [0.4, 0.5) is 23.7 Å². The number of benzene rings is 1. The fourth-order valence-corrected chi connectivity index (χ4v) is 3.50. The fourth-order valence-electron chi connectivity index (χ4n) is 3.50. The van der Waals surface area contributed by atoms with Crippen LogP contribution < -0.4 is 10.2 Å². The summed E-state index contributed by atoms with van der Waals surface area (Å²) in [4.78, 5) is 16.1. The molecule has 1 aromatic heterocycles. The second-order valence-corrected chi connectivity index (χ2v) is 7.38. The van der Waals surface area contributed by atoms with Gasteiger partial charge in [-0.2, -0.15) is 13.2 Å². The minimum Gasteiger partial charge on any atom is -0.368 e. The van der Waals surface area contributed by atoms with Gasteiger partial charge in [-0.05, 0) is 45.4 Å². The lowest BCUT2D eigenvalue weighted by Crippen LogP contribution is -2.53. The molecule has 0 spiro atoms. The highest BCUT2D eigenvalue weighted by atomic mass is 19.4. The van der Waals surface area contributed by atoms with E-state index >= 15 is 0 Å². The van der Waals surface area contributed by atoms with E-state index in [-0.39, 0.29) is 12.1 Å². The SMILES string of the molecule is Cc1noc(C)c1CC(C)NC(=O)N1CCN(c2cccc(C(F)(F)F)c2)CC1. The van der Waals surface area contributed by atoms with Crippen LogP contribution in [0, 0.1) is 13.8 Å². The molecule has 1 N–H and O–H groups in total. The molecule has 0 radical (unpaired) electrons. The molecule has 2 heterocycles. The van der Waals surface area contributed by atoms with Crippen LogP contribution >= 0.6 is 0 Å². The maximum absolute atomic E-state index is 12.9. The number of hydrogen-bond acceptors (Lipinski definition) is 4. The van der Waals surface area contributed by atoms with Gasteiger partial charge in [0.1, 0.15) is 5.76 Å². The predicted molar refractivity (Wildman–Crippen MR) is 103 cm³/mol. The molecule has 1 atom stereocenters. The van der Waals surface area contributed by atoms with Crippen molar-refractivity contribution < 1.29 is 22.5 Å². The van der Waals surface area contributed by atoms with Crippen LogP contribution in [0.5, 0.6) is 0 Å². The molecule has 2 aromatic rings. The monoisotopic (exact) mass is 410 g/mol. The third-order valence-electron chi connectivity index (χ3n) is 5.17. The Bertz CT molecular complexity index is 838. The van der Waals surface area contributed by atoms with Crippen molar-refractivity contribution in [3.8, 4) is 0 Å². The van der Waals surface area contributed by atoms with Gasteiger partial charge in [-0.1, -0.05) is 11.2 Å². The van der Waals surface area contributed by atoms with E-state index in [0.717, 1.165) is 29.2 Å². The van der Waals surface area contributed by atoms with Crippen molar-refractivity contribution in [1.29, 1.82) is 0 Å². The summed E-state index contributed by atoms with van der Waals surface area (Å²) in [5.41, 5.74) is 1.67.